The second kappa shape index (κ2) is 4.12. The highest BCUT2D eigenvalue weighted by Gasteiger charge is 2.09. The van der Waals surface area contributed by atoms with Crippen LogP contribution in [0.15, 0.2) is 24.3 Å². The van der Waals surface area contributed by atoms with Gasteiger partial charge in [0.25, 0.3) is 0 Å². The van der Waals surface area contributed by atoms with Crippen molar-refractivity contribution in [1.29, 1.82) is 0 Å². The quantitative estimate of drug-likeness (QED) is 0.718. The molecule has 0 spiro atoms. The van der Waals surface area contributed by atoms with E-state index in [0.717, 1.165) is 12.0 Å². The molecule has 0 heterocycles. The van der Waals surface area contributed by atoms with Gasteiger partial charge < -0.3 is 10.8 Å². The lowest BCUT2D eigenvalue weighted by Gasteiger charge is -2.13. The zero-order valence-corrected chi connectivity index (χ0v) is 7.33. The number of hydrogen-bond donors (Lipinski definition) is 2. The standard InChI is InChI=1S/C10H15NO/c1-2-8(7-11)9-5-3-4-6-10(9)12/h3-6,8,12H,2,7,11H2,1H3. The summed E-state index contributed by atoms with van der Waals surface area (Å²) in [5, 5.41) is 9.49. The molecular weight excluding hydrogens is 150 g/mol. The van der Waals surface area contributed by atoms with Gasteiger partial charge in [0.2, 0.25) is 0 Å². The van der Waals surface area contributed by atoms with Gasteiger partial charge in [-0.25, -0.2) is 0 Å². The Bertz CT molecular complexity index is 243. The van der Waals surface area contributed by atoms with Crippen LogP contribution in [0.3, 0.4) is 0 Å². The van der Waals surface area contributed by atoms with E-state index in [-0.39, 0.29) is 5.92 Å². The zero-order chi connectivity index (χ0) is 8.97. The number of phenolic OH excluding ortho intramolecular Hbond substituents is 1. The van der Waals surface area contributed by atoms with Crippen molar-refractivity contribution in [1.82, 2.24) is 0 Å². The summed E-state index contributed by atoms with van der Waals surface area (Å²) in [4.78, 5) is 0. The van der Waals surface area contributed by atoms with Crippen molar-refractivity contribution >= 4 is 0 Å². The molecule has 0 aliphatic carbocycles. The summed E-state index contributed by atoms with van der Waals surface area (Å²) in [6.07, 6.45) is 0.966. The molecular formula is C10H15NO. The van der Waals surface area contributed by atoms with E-state index in [0.29, 0.717) is 12.3 Å². The van der Waals surface area contributed by atoms with Crippen molar-refractivity contribution < 1.29 is 5.11 Å². The smallest absolute Gasteiger partial charge is 0.119 e. The first kappa shape index (κ1) is 9.07. The molecule has 1 rings (SSSR count). The molecule has 0 aromatic heterocycles. The molecule has 0 radical (unpaired) electrons. The number of hydrogen-bond acceptors (Lipinski definition) is 2. The van der Waals surface area contributed by atoms with Crippen LogP contribution < -0.4 is 5.73 Å². The molecule has 0 aliphatic rings. The average molecular weight is 165 g/mol. The van der Waals surface area contributed by atoms with E-state index in [1.165, 1.54) is 0 Å². The predicted octanol–water partition coefficient (Wildman–Crippen LogP) is 1.84. The summed E-state index contributed by atoms with van der Waals surface area (Å²) in [7, 11) is 0. The summed E-state index contributed by atoms with van der Waals surface area (Å²) >= 11 is 0. The summed E-state index contributed by atoms with van der Waals surface area (Å²) in [5.74, 6) is 0.640. The average Bonchev–Trinajstić information content (AvgIpc) is 2.10. The third-order valence-electron chi connectivity index (χ3n) is 2.15. The number of phenols is 1. The minimum absolute atomic E-state index is 0.284. The fraction of sp³-hybridized carbons (Fsp3) is 0.400. The van der Waals surface area contributed by atoms with E-state index in [9.17, 15) is 5.11 Å². The van der Waals surface area contributed by atoms with Crippen LogP contribution in [0.1, 0.15) is 24.8 Å². The Balaban J connectivity index is 2.92. The Hall–Kier alpha value is -1.02. The third kappa shape index (κ3) is 1.77. The topological polar surface area (TPSA) is 46.2 Å². The molecule has 0 saturated heterocycles. The van der Waals surface area contributed by atoms with E-state index < -0.39 is 0 Å². The van der Waals surface area contributed by atoms with Gasteiger partial charge in [0.1, 0.15) is 5.75 Å². The Morgan fingerprint density at radius 2 is 2.08 bits per heavy atom. The Morgan fingerprint density at radius 1 is 1.42 bits per heavy atom. The Kier molecular flexibility index (Phi) is 3.11. The van der Waals surface area contributed by atoms with Gasteiger partial charge in [-0.2, -0.15) is 0 Å². The molecule has 1 atom stereocenters. The molecule has 2 nitrogen and oxygen atoms in total. The molecule has 0 fully saturated rings. The third-order valence-corrected chi connectivity index (χ3v) is 2.15. The second-order valence-corrected chi connectivity index (χ2v) is 2.90. The number of rotatable bonds is 3. The predicted molar refractivity (Wildman–Crippen MR) is 50.2 cm³/mol. The highest BCUT2D eigenvalue weighted by molar-refractivity contribution is 5.34. The van der Waals surface area contributed by atoms with E-state index in [1.54, 1.807) is 6.07 Å². The van der Waals surface area contributed by atoms with Crippen LogP contribution in [-0.4, -0.2) is 11.7 Å². The number of para-hydroxylation sites is 1. The van der Waals surface area contributed by atoms with Crippen LogP contribution in [0.25, 0.3) is 0 Å². The number of nitrogens with two attached hydrogens (primary N) is 1. The molecule has 3 N–H and O–H groups in total. The van der Waals surface area contributed by atoms with Gasteiger partial charge in [-0.3, -0.25) is 0 Å². The van der Waals surface area contributed by atoms with Crippen molar-refractivity contribution in [2.45, 2.75) is 19.3 Å². The summed E-state index contributed by atoms with van der Waals surface area (Å²) in [6.45, 7) is 2.66. The van der Waals surface area contributed by atoms with Crippen LogP contribution >= 0.6 is 0 Å². The van der Waals surface area contributed by atoms with Crippen molar-refractivity contribution in [3.05, 3.63) is 29.8 Å². The molecule has 66 valence electrons. The van der Waals surface area contributed by atoms with Crippen LogP contribution in [0, 0.1) is 0 Å². The number of benzene rings is 1. The molecule has 2 heteroatoms. The minimum atomic E-state index is 0.284. The molecule has 12 heavy (non-hydrogen) atoms. The fourth-order valence-corrected chi connectivity index (χ4v) is 1.35. The lowest BCUT2D eigenvalue weighted by molar-refractivity contribution is 0.459. The number of aromatic hydroxyl groups is 1. The van der Waals surface area contributed by atoms with Gasteiger partial charge in [0.05, 0.1) is 0 Å². The molecule has 0 aliphatic heterocycles. The maximum Gasteiger partial charge on any atom is 0.119 e. The van der Waals surface area contributed by atoms with Crippen molar-refractivity contribution in [3.63, 3.8) is 0 Å². The Morgan fingerprint density at radius 3 is 2.58 bits per heavy atom. The summed E-state index contributed by atoms with van der Waals surface area (Å²) < 4.78 is 0. The van der Waals surface area contributed by atoms with E-state index in [2.05, 4.69) is 6.92 Å². The van der Waals surface area contributed by atoms with Gasteiger partial charge >= 0.3 is 0 Å². The largest absolute Gasteiger partial charge is 0.508 e. The van der Waals surface area contributed by atoms with Crippen LogP contribution in [0.4, 0.5) is 0 Å². The monoisotopic (exact) mass is 165 g/mol. The van der Waals surface area contributed by atoms with E-state index in [4.69, 9.17) is 5.73 Å². The van der Waals surface area contributed by atoms with E-state index in [1.807, 2.05) is 18.2 Å². The highest BCUT2D eigenvalue weighted by Crippen LogP contribution is 2.26. The first-order chi connectivity index (χ1) is 5.79. The molecule has 0 saturated carbocycles. The lowest BCUT2D eigenvalue weighted by Crippen LogP contribution is -2.11. The summed E-state index contributed by atoms with van der Waals surface area (Å²) in [5.41, 5.74) is 6.53. The molecule has 1 unspecified atom stereocenters. The normalized spacial score (nSPS) is 12.8. The van der Waals surface area contributed by atoms with Gasteiger partial charge in [-0.1, -0.05) is 25.1 Å². The molecule has 0 amide bonds. The van der Waals surface area contributed by atoms with E-state index >= 15 is 0 Å². The maximum absolute atomic E-state index is 9.49. The fourth-order valence-electron chi connectivity index (χ4n) is 1.35. The van der Waals surface area contributed by atoms with Gasteiger partial charge in [-0.15, -0.1) is 0 Å². The minimum Gasteiger partial charge on any atom is -0.508 e. The zero-order valence-electron chi connectivity index (χ0n) is 7.33. The van der Waals surface area contributed by atoms with Gasteiger partial charge in [0, 0.05) is 0 Å². The lowest BCUT2D eigenvalue weighted by atomic mass is 9.96. The first-order valence-electron chi connectivity index (χ1n) is 4.27. The first-order valence-corrected chi connectivity index (χ1v) is 4.27. The summed E-state index contributed by atoms with van der Waals surface area (Å²) in [6, 6.07) is 7.37. The van der Waals surface area contributed by atoms with Crippen LogP contribution in [-0.2, 0) is 0 Å². The highest BCUT2D eigenvalue weighted by atomic mass is 16.3. The van der Waals surface area contributed by atoms with Crippen molar-refractivity contribution in [2.75, 3.05) is 6.54 Å². The van der Waals surface area contributed by atoms with Gasteiger partial charge in [0.15, 0.2) is 0 Å². The maximum atomic E-state index is 9.49. The Labute approximate surface area is 73.0 Å². The van der Waals surface area contributed by atoms with Crippen LogP contribution in [0.5, 0.6) is 5.75 Å². The van der Waals surface area contributed by atoms with Crippen LogP contribution in [0.2, 0.25) is 0 Å². The van der Waals surface area contributed by atoms with Crippen molar-refractivity contribution in [3.8, 4) is 5.75 Å². The SMILES string of the molecule is CCC(CN)c1ccccc1O. The molecule has 1 aromatic carbocycles. The molecule has 1 aromatic rings. The molecule has 0 bridgehead atoms. The second-order valence-electron chi connectivity index (χ2n) is 2.90. The van der Waals surface area contributed by atoms with Gasteiger partial charge in [-0.05, 0) is 30.5 Å². The van der Waals surface area contributed by atoms with Crippen molar-refractivity contribution in [2.24, 2.45) is 5.73 Å².